The third kappa shape index (κ3) is 2.95. The minimum Gasteiger partial charge on any atom is -0.497 e. The van der Waals surface area contributed by atoms with E-state index in [0.717, 1.165) is 6.29 Å². The summed E-state index contributed by atoms with van der Waals surface area (Å²) in [6.45, 7) is 0. The molecule has 0 saturated carbocycles. The molecule has 0 amide bonds. The van der Waals surface area contributed by atoms with E-state index < -0.39 is 9.84 Å². The Kier molecular flexibility index (Phi) is 4.44. The zero-order valence-electron chi connectivity index (χ0n) is 14.9. The van der Waals surface area contributed by atoms with Crippen molar-refractivity contribution in [3.05, 3.63) is 72.4 Å². The summed E-state index contributed by atoms with van der Waals surface area (Å²) in [6, 6.07) is 16.5. The molecule has 0 bridgehead atoms. The van der Waals surface area contributed by atoms with Crippen molar-refractivity contribution in [3.63, 3.8) is 0 Å². The molecule has 0 saturated heterocycles. The van der Waals surface area contributed by atoms with Crippen molar-refractivity contribution in [3.8, 4) is 17.0 Å². The second-order valence-electron chi connectivity index (χ2n) is 6.14. The molecule has 7 heteroatoms. The van der Waals surface area contributed by atoms with Crippen LogP contribution in [0.3, 0.4) is 0 Å². The van der Waals surface area contributed by atoms with Crippen LogP contribution in [0.25, 0.3) is 22.3 Å². The van der Waals surface area contributed by atoms with Gasteiger partial charge in [-0.25, -0.2) is 8.42 Å². The van der Waals surface area contributed by atoms with Crippen molar-refractivity contribution in [2.24, 2.45) is 0 Å². The molecule has 0 aliphatic rings. The summed E-state index contributed by atoms with van der Waals surface area (Å²) in [5.74, 6) is 0.562. The number of benzene rings is 2. The van der Waals surface area contributed by atoms with Crippen LogP contribution in [0.15, 0.2) is 76.7 Å². The summed E-state index contributed by atoms with van der Waals surface area (Å²) >= 11 is 0. The van der Waals surface area contributed by atoms with Crippen LogP contribution < -0.4 is 4.74 Å². The average Bonchev–Trinajstić information content (AvgIpc) is 3.17. The molecule has 2 aromatic carbocycles. The molecule has 4 aromatic rings. The SMILES string of the molecule is COc1ccc(-c2cc3nccc(S(=O)(=O)c4ccccc4)c3[nH]2)c(C=O)c1. The third-order valence-electron chi connectivity index (χ3n) is 4.50. The van der Waals surface area contributed by atoms with E-state index in [1.54, 1.807) is 54.6 Å². The van der Waals surface area contributed by atoms with Gasteiger partial charge in [0, 0.05) is 23.0 Å². The molecule has 0 aliphatic carbocycles. The number of hydrogen-bond acceptors (Lipinski definition) is 5. The number of aromatic amines is 1. The van der Waals surface area contributed by atoms with Crippen molar-refractivity contribution in [1.82, 2.24) is 9.97 Å². The first-order valence-electron chi connectivity index (χ1n) is 8.46. The molecule has 0 aliphatic heterocycles. The van der Waals surface area contributed by atoms with Gasteiger partial charge in [0.05, 0.1) is 27.9 Å². The van der Waals surface area contributed by atoms with E-state index in [1.165, 1.54) is 19.4 Å². The fraction of sp³-hybridized carbons (Fsp3) is 0.0476. The number of pyridine rings is 1. The molecule has 0 atom stereocenters. The maximum Gasteiger partial charge on any atom is 0.208 e. The van der Waals surface area contributed by atoms with Gasteiger partial charge in [-0.3, -0.25) is 9.78 Å². The highest BCUT2D eigenvalue weighted by atomic mass is 32.2. The molecule has 28 heavy (non-hydrogen) atoms. The topological polar surface area (TPSA) is 89.1 Å². The smallest absolute Gasteiger partial charge is 0.208 e. The molecule has 0 radical (unpaired) electrons. The lowest BCUT2D eigenvalue weighted by Crippen LogP contribution is -2.03. The van der Waals surface area contributed by atoms with Crippen LogP contribution in [-0.4, -0.2) is 31.8 Å². The summed E-state index contributed by atoms with van der Waals surface area (Å²) in [4.78, 5) is 19.3. The van der Waals surface area contributed by atoms with Crippen LogP contribution in [0.5, 0.6) is 5.75 Å². The summed E-state index contributed by atoms with van der Waals surface area (Å²) in [6.07, 6.45) is 2.20. The summed E-state index contributed by atoms with van der Waals surface area (Å²) < 4.78 is 31.3. The predicted molar refractivity (Wildman–Crippen MR) is 105 cm³/mol. The first-order chi connectivity index (χ1) is 13.5. The van der Waals surface area contributed by atoms with Crippen LogP contribution in [0.4, 0.5) is 0 Å². The number of sulfone groups is 1. The summed E-state index contributed by atoms with van der Waals surface area (Å²) in [5.41, 5.74) is 2.56. The van der Waals surface area contributed by atoms with E-state index >= 15 is 0 Å². The number of ether oxygens (including phenoxy) is 1. The van der Waals surface area contributed by atoms with Gasteiger partial charge in [-0.15, -0.1) is 0 Å². The van der Waals surface area contributed by atoms with Gasteiger partial charge in [0.1, 0.15) is 5.75 Å². The lowest BCUT2D eigenvalue weighted by molar-refractivity contribution is 0.112. The number of aldehydes is 1. The molecule has 0 unspecified atom stereocenters. The second-order valence-corrected chi connectivity index (χ2v) is 8.06. The van der Waals surface area contributed by atoms with Crippen LogP contribution in [0.1, 0.15) is 10.4 Å². The highest BCUT2D eigenvalue weighted by Crippen LogP contribution is 2.32. The zero-order valence-corrected chi connectivity index (χ0v) is 15.7. The van der Waals surface area contributed by atoms with Crippen LogP contribution in [0, 0.1) is 0 Å². The largest absolute Gasteiger partial charge is 0.497 e. The molecule has 4 rings (SSSR count). The summed E-state index contributed by atoms with van der Waals surface area (Å²) in [7, 11) is -2.20. The predicted octanol–water partition coefficient (Wildman–Crippen LogP) is 3.88. The molecular weight excluding hydrogens is 376 g/mol. The van der Waals surface area contributed by atoms with Gasteiger partial charge < -0.3 is 9.72 Å². The number of methoxy groups -OCH3 is 1. The normalized spacial score (nSPS) is 11.5. The Labute approximate surface area is 161 Å². The van der Waals surface area contributed by atoms with Crippen molar-refractivity contribution >= 4 is 27.2 Å². The van der Waals surface area contributed by atoms with Gasteiger partial charge in [0.25, 0.3) is 0 Å². The maximum atomic E-state index is 13.1. The lowest BCUT2D eigenvalue weighted by Gasteiger charge is -2.06. The van der Waals surface area contributed by atoms with Crippen molar-refractivity contribution in [2.45, 2.75) is 9.79 Å². The van der Waals surface area contributed by atoms with E-state index in [4.69, 9.17) is 4.74 Å². The fourth-order valence-electron chi connectivity index (χ4n) is 3.11. The van der Waals surface area contributed by atoms with E-state index in [-0.39, 0.29) is 9.79 Å². The van der Waals surface area contributed by atoms with Gasteiger partial charge in [0.2, 0.25) is 9.84 Å². The Hall–Kier alpha value is -3.45. The maximum absolute atomic E-state index is 13.1. The Morgan fingerprint density at radius 1 is 1.04 bits per heavy atom. The number of carbonyl (C=O) groups excluding carboxylic acids is 1. The van der Waals surface area contributed by atoms with Crippen LogP contribution in [-0.2, 0) is 9.84 Å². The molecule has 2 heterocycles. The third-order valence-corrected chi connectivity index (χ3v) is 6.31. The highest BCUT2D eigenvalue weighted by Gasteiger charge is 2.22. The molecular formula is C21H16N2O4S. The number of H-pyrrole nitrogens is 1. The zero-order chi connectivity index (χ0) is 19.7. The molecule has 0 fully saturated rings. The molecule has 0 spiro atoms. The fourth-order valence-corrected chi connectivity index (χ4v) is 4.54. The Bertz CT molecular complexity index is 1280. The Balaban J connectivity index is 1.91. The molecule has 6 nitrogen and oxygen atoms in total. The van der Waals surface area contributed by atoms with Crippen molar-refractivity contribution in [1.29, 1.82) is 0 Å². The van der Waals surface area contributed by atoms with Gasteiger partial charge in [-0.1, -0.05) is 18.2 Å². The molecule has 2 aromatic heterocycles. The van der Waals surface area contributed by atoms with Gasteiger partial charge in [-0.2, -0.15) is 0 Å². The standard InChI is InChI=1S/C21H16N2O4S/c1-27-15-7-8-17(14(11-15)13-24)18-12-19-21(23-18)20(9-10-22-19)28(25,26)16-5-3-2-4-6-16/h2-13,23H,1H3. The van der Waals surface area contributed by atoms with Crippen molar-refractivity contribution < 1.29 is 17.9 Å². The number of nitrogens with one attached hydrogen (secondary N) is 1. The first-order valence-corrected chi connectivity index (χ1v) is 9.94. The van der Waals surface area contributed by atoms with E-state index in [1.807, 2.05) is 0 Å². The van der Waals surface area contributed by atoms with Crippen molar-refractivity contribution in [2.75, 3.05) is 7.11 Å². The van der Waals surface area contributed by atoms with E-state index in [2.05, 4.69) is 9.97 Å². The number of fused-ring (bicyclic) bond motifs is 1. The second kappa shape index (κ2) is 6.94. The number of carbonyl (C=O) groups is 1. The molecule has 1 N–H and O–H groups in total. The Morgan fingerprint density at radius 2 is 1.82 bits per heavy atom. The first kappa shape index (κ1) is 17.9. The van der Waals surface area contributed by atoms with E-state index in [9.17, 15) is 13.2 Å². The number of aromatic nitrogens is 2. The minimum absolute atomic E-state index is 0.135. The average molecular weight is 392 g/mol. The Morgan fingerprint density at radius 3 is 2.54 bits per heavy atom. The van der Waals surface area contributed by atoms with Gasteiger partial charge in [-0.05, 0) is 42.5 Å². The molecule has 140 valence electrons. The van der Waals surface area contributed by atoms with Crippen LogP contribution >= 0.6 is 0 Å². The van der Waals surface area contributed by atoms with Crippen LogP contribution in [0.2, 0.25) is 0 Å². The monoisotopic (exact) mass is 392 g/mol. The van der Waals surface area contributed by atoms with Gasteiger partial charge >= 0.3 is 0 Å². The number of hydrogen-bond donors (Lipinski definition) is 1. The quantitative estimate of drug-likeness (QED) is 0.521. The van der Waals surface area contributed by atoms with Gasteiger partial charge in [0.15, 0.2) is 6.29 Å². The highest BCUT2D eigenvalue weighted by molar-refractivity contribution is 7.91. The van der Waals surface area contributed by atoms with E-state index in [0.29, 0.717) is 33.6 Å². The summed E-state index contributed by atoms with van der Waals surface area (Å²) in [5, 5.41) is 0. The number of nitrogens with zero attached hydrogens (tertiary/aromatic N) is 1. The minimum atomic E-state index is -3.72. The lowest BCUT2D eigenvalue weighted by atomic mass is 10.1. The number of rotatable bonds is 5.